The Morgan fingerprint density at radius 2 is 2.33 bits per heavy atom. The SMILES string of the molecule is CCOC(=O)c1noc2ncnc(N3CCCCC3C)c12. The summed E-state index contributed by atoms with van der Waals surface area (Å²) < 4.78 is 10.2. The topological polar surface area (TPSA) is 81.3 Å². The molecule has 1 unspecified atom stereocenters. The highest BCUT2D eigenvalue weighted by Crippen LogP contribution is 2.31. The summed E-state index contributed by atoms with van der Waals surface area (Å²) in [6, 6.07) is 0.363. The number of aromatic nitrogens is 3. The first kappa shape index (κ1) is 13.8. The first-order valence-corrected chi connectivity index (χ1v) is 7.26. The number of hydrogen-bond acceptors (Lipinski definition) is 7. The molecule has 1 saturated heterocycles. The van der Waals surface area contributed by atoms with Gasteiger partial charge in [0.2, 0.25) is 5.69 Å². The van der Waals surface area contributed by atoms with Gasteiger partial charge in [0, 0.05) is 12.6 Å². The number of ether oxygens (including phenoxy) is 1. The third-order valence-electron chi connectivity index (χ3n) is 3.80. The van der Waals surface area contributed by atoms with E-state index in [0.29, 0.717) is 23.0 Å². The fraction of sp³-hybridized carbons (Fsp3) is 0.571. The van der Waals surface area contributed by atoms with Crippen molar-refractivity contribution < 1.29 is 14.1 Å². The lowest BCUT2D eigenvalue weighted by Crippen LogP contribution is -2.38. The quantitative estimate of drug-likeness (QED) is 0.801. The molecule has 1 aliphatic heterocycles. The van der Waals surface area contributed by atoms with Gasteiger partial charge in [-0.2, -0.15) is 4.98 Å². The molecule has 0 aromatic carbocycles. The predicted octanol–water partition coefficient (Wildman–Crippen LogP) is 2.17. The highest BCUT2D eigenvalue weighted by Gasteiger charge is 2.28. The van der Waals surface area contributed by atoms with Crippen molar-refractivity contribution in [1.82, 2.24) is 15.1 Å². The average molecular weight is 290 g/mol. The van der Waals surface area contributed by atoms with Crippen molar-refractivity contribution in [3.05, 3.63) is 12.0 Å². The highest BCUT2D eigenvalue weighted by molar-refractivity contribution is 6.04. The predicted molar refractivity (Wildman–Crippen MR) is 76.2 cm³/mol. The van der Waals surface area contributed by atoms with Crippen LogP contribution in [0, 0.1) is 0 Å². The Labute approximate surface area is 122 Å². The molecule has 2 aromatic heterocycles. The Hall–Kier alpha value is -2.18. The molecule has 1 aliphatic rings. The molecular weight excluding hydrogens is 272 g/mol. The summed E-state index contributed by atoms with van der Waals surface area (Å²) in [5.74, 6) is 0.202. The van der Waals surface area contributed by atoms with Gasteiger partial charge in [-0.25, -0.2) is 9.78 Å². The maximum absolute atomic E-state index is 12.0. The van der Waals surface area contributed by atoms with Crippen LogP contribution in [0.2, 0.25) is 0 Å². The molecule has 0 saturated carbocycles. The van der Waals surface area contributed by atoms with Crippen LogP contribution in [0.25, 0.3) is 11.1 Å². The molecule has 1 atom stereocenters. The van der Waals surface area contributed by atoms with Crippen molar-refractivity contribution in [2.75, 3.05) is 18.1 Å². The lowest BCUT2D eigenvalue weighted by Gasteiger charge is -2.34. The summed E-state index contributed by atoms with van der Waals surface area (Å²) in [6.07, 6.45) is 4.86. The van der Waals surface area contributed by atoms with E-state index in [4.69, 9.17) is 9.26 Å². The number of carbonyl (C=O) groups is 1. The van der Waals surface area contributed by atoms with Crippen LogP contribution in [0.15, 0.2) is 10.9 Å². The minimum absolute atomic E-state index is 0.153. The molecule has 3 rings (SSSR count). The van der Waals surface area contributed by atoms with Crippen LogP contribution in [0.1, 0.15) is 43.6 Å². The minimum atomic E-state index is -0.503. The third kappa shape index (κ3) is 2.43. The van der Waals surface area contributed by atoms with Crippen molar-refractivity contribution in [3.8, 4) is 0 Å². The average Bonchev–Trinajstić information content (AvgIpc) is 2.92. The van der Waals surface area contributed by atoms with Gasteiger partial charge in [-0.05, 0) is 33.1 Å². The molecule has 7 heteroatoms. The fourth-order valence-corrected chi connectivity index (χ4v) is 2.74. The van der Waals surface area contributed by atoms with Gasteiger partial charge < -0.3 is 14.2 Å². The summed E-state index contributed by atoms with van der Waals surface area (Å²) in [6.45, 7) is 5.10. The Kier molecular flexibility index (Phi) is 3.72. The fourth-order valence-electron chi connectivity index (χ4n) is 2.74. The molecule has 1 fully saturated rings. The molecule has 7 nitrogen and oxygen atoms in total. The van der Waals surface area contributed by atoms with Gasteiger partial charge in [0.1, 0.15) is 17.5 Å². The smallest absolute Gasteiger partial charge is 0.361 e. The highest BCUT2D eigenvalue weighted by atomic mass is 16.5. The van der Waals surface area contributed by atoms with E-state index in [1.807, 2.05) is 0 Å². The van der Waals surface area contributed by atoms with E-state index in [9.17, 15) is 4.79 Å². The molecule has 2 aromatic rings. The number of hydrogen-bond donors (Lipinski definition) is 0. The number of anilines is 1. The molecule has 3 heterocycles. The van der Waals surface area contributed by atoms with Gasteiger partial charge in [-0.15, -0.1) is 0 Å². The molecule has 112 valence electrons. The Morgan fingerprint density at radius 3 is 3.10 bits per heavy atom. The van der Waals surface area contributed by atoms with Crippen LogP contribution >= 0.6 is 0 Å². The summed E-state index contributed by atoms with van der Waals surface area (Å²) in [7, 11) is 0. The molecule has 21 heavy (non-hydrogen) atoms. The minimum Gasteiger partial charge on any atom is -0.461 e. The Bertz CT molecular complexity index is 655. The number of piperidine rings is 1. The van der Waals surface area contributed by atoms with Crippen LogP contribution in [0.4, 0.5) is 5.82 Å². The lowest BCUT2D eigenvalue weighted by atomic mass is 10.0. The van der Waals surface area contributed by atoms with E-state index in [1.54, 1.807) is 6.92 Å². The number of fused-ring (bicyclic) bond motifs is 1. The van der Waals surface area contributed by atoms with E-state index < -0.39 is 5.97 Å². The maximum atomic E-state index is 12.0. The van der Waals surface area contributed by atoms with Crippen molar-refractivity contribution in [3.63, 3.8) is 0 Å². The first-order chi connectivity index (χ1) is 10.2. The number of nitrogens with zero attached hydrogens (tertiary/aromatic N) is 4. The molecular formula is C14H18N4O3. The zero-order valence-electron chi connectivity index (χ0n) is 12.2. The van der Waals surface area contributed by atoms with E-state index in [0.717, 1.165) is 19.4 Å². The number of rotatable bonds is 3. The van der Waals surface area contributed by atoms with Gasteiger partial charge in [-0.3, -0.25) is 0 Å². The second kappa shape index (κ2) is 5.67. The van der Waals surface area contributed by atoms with Gasteiger partial charge >= 0.3 is 5.97 Å². The molecule has 0 bridgehead atoms. The molecule has 0 spiro atoms. The van der Waals surface area contributed by atoms with Crippen LogP contribution < -0.4 is 4.90 Å². The first-order valence-electron chi connectivity index (χ1n) is 7.26. The standard InChI is InChI=1S/C14H18N4O3/c1-3-20-14(19)11-10-12(15-8-16-13(10)21-17-11)18-7-5-4-6-9(18)2/h8-9H,3-7H2,1-2H3. The second-order valence-corrected chi connectivity index (χ2v) is 5.17. The summed E-state index contributed by atoms with van der Waals surface area (Å²) in [4.78, 5) is 22.6. The van der Waals surface area contributed by atoms with Crippen molar-refractivity contribution in [2.24, 2.45) is 0 Å². The normalized spacial score (nSPS) is 19.0. The van der Waals surface area contributed by atoms with E-state index in [2.05, 4.69) is 26.9 Å². The van der Waals surface area contributed by atoms with E-state index in [1.165, 1.54) is 12.7 Å². The second-order valence-electron chi connectivity index (χ2n) is 5.17. The van der Waals surface area contributed by atoms with Gasteiger partial charge in [-0.1, -0.05) is 5.16 Å². The molecule has 0 N–H and O–H groups in total. The lowest BCUT2D eigenvalue weighted by molar-refractivity contribution is 0.0517. The van der Waals surface area contributed by atoms with Crippen LogP contribution in [0.3, 0.4) is 0 Å². The van der Waals surface area contributed by atoms with Gasteiger partial charge in [0.25, 0.3) is 5.71 Å². The summed E-state index contributed by atoms with van der Waals surface area (Å²) in [5.41, 5.74) is 0.473. The molecule has 0 aliphatic carbocycles. The van der Waals surface area contributed by atoms with Crippen molar-refractivity contribution >= 4 is 22.9 Å². The summed E-state index contributed by atoms with van der Waals surface area (Å²) in [5, 5.41) is 4.36. The number of esters is 1. The number of carbonyl (C=O) groups excluding carboxylic acids is 1. The van der Waals surface area contributed by atoms with Crippen molar-refractivity contribution in [2.45, 2.75) is 39.2 Å². The third-order valence-corrected chi connectivity index (χ3v) is 3.80. The molecule has 0 amide bonds. The van der Waals surface area contributed by atoms with Crippen LogP contribution in [0.5, 0.6) is 0 Å². The van der Waals surface area contributed by atoms with E-state index in [-0.39, 0.29) is 12.3 Å². The molecule has 0 radical (unpaired) electrons. The monoisotopic (exact) mass is 290 g/mol. The summed E-state index contributed by atoms with van der Waals surface area (Å²) >= 11 is 0. The Balaban J connectivity index is 2.09. The van der Waals surface area contributed by atoms with Gasteiger partial charge in [0.15, 0.2) is 0 Å². The van der Waals surface area contributed by atoms with Crippen molar-refractivity contribution in [1.29, 1.82) is 0 Å². The zero-order valence-corrected chi connectivity index (χ0v) is 12.2. The van der Waals surface area contributed by atoms with Gasteiger partial charge in [0.05, 0.1) is 6.61 Å². The Morgan fingerprint density at radius 1 is 1.48 bits per heavy atom. The van der Waals surface area contributed by atoms with E-state index >= 15 is 0 Å². The van der Waals surface area contributed by atoms with Crippen LogP contribution in [-0.2, 0) is 4.74 Å². The maximum Gasteiger partial charge on any atom is 0.361 e. The zero-order chi connectivity index (χ0) is 14.8. The largest absolute Gasteiger partial charge is 0.461 e. The van der Waals surface area contributed by atoms with Crippen LogP contribution in [-0.4, -0.2) is 40.3 Å².